The smallest absolute Gasteiger partial charge is 0.407 e. The molecule has 13 nitrogen and oxygen atoms in total. The number of nitrogens with zero attached hydrogens (tertiary/aromatic N) is 5. The number of benzene rings is 2. The molecule has 1 amide bonds. The van der Waals surface area contributed by atoms with Crippen molar-refractivity contribution in [2.45, 2.75) is 39.5 Å². The number of H-pyrrole nitrogens is 1. The number of nitrogen functional groups attached to an aromatic ring is 1. The Morgan fingerprint density at radius 2 is 1.80 bits per heavy atom. The number of nitrogens with one attached hydrogen (secondary N) is 2. The zero-order valence-electron chi connectivity index (χ0n) is 25.0. The van der Waals surface area contributed by atoms with Gasteiger partial charge in [0.25, 0.3) is 0 Å². The van der Waals surface area contributed by atoms with Gasteiger partial charge in [0.2, 0.25) is 11.8 Å². The SMILES string of the molecule is CN(CCOC(=O)NCc1ccc(COc2nc(N)nc3[nH]cnc23)cc1)c1ccc(/C=C(\C#N)C(=O)OC(C)(C)C)cc1. The number of anilines is 2. The average Bonchev–Trinajstić information content (AvgIpc) is 3.46. The maximum Gasteiger partial charge on any atom is 0.407 e. The summed E-state index contributed by atoms with van der Waals surface area (Å²) in [6, 6.07) is 16.7. The second-order valence-corrected chi connectivity index (χ2v) is 10.8. The third kappa shape index (κ3) is 8.93. The number of nitriles is 1. The standard InChI is InChI=1S/C31H34N8O5/c1-31(2,3)44-28(40)23(16-32)15-20-9-11-24(12-10-20)39(4)13-14-42-30(41)34-17-21-5-7-22(8-6-21)18-43-27-25-26(36-19-35-25)37-29(33)38-27/h5-12,15,19H,13-14,17-18H2,1-4H3,(H,34,41)(H3,33,35,36,37,38)/b23-15+. The maximum absolute atomic E-state index is 12.2. The molecule has 0 unspecified atom stereocenters. The van der Waals surface area contributed by atoms with Crippen LogP contribution in [0.3, 0.4) is 0 Å². The molecular weight excluding hydrogens is 564 g/mol. The van der Waals surface area contributed by atoms with Crippen LogP contribution in [-0.2, 0) is 27.4 Å². The number of ether oxygens (including phenoxy) is 3. The molecule has 2 aromatic heterocycles. The summed E-state index contributed by atoms with van der Waals surface area (Å²) in [5.41, 5.74) is 9.32. The number of imidazole rings is 1. The fourth-order valence-electron chi connectivity index (χ4n) is 3.92. The molecule has 0 saturated heterocycles. The molecule has 44 heavy (non-hydrogen) atoms. The number of alkyl carbamates (subject to hydrolysis) is 1. The third-order valence-electron chi connectivity index (χ3n) is 6.14. The van der Waals surface area contributed by atoms with Gasteiger partial charge >= 0.3 is 12.1 Å². The average molecular weight is 599 g/mol. The van der Waals surface area contributed by atoms with E-state index < -0.39 is 17.7 Å². The van der Waals surface area contributed by atoms with Crippen LogP contribution in [0.15, 0.2) is 60.4 Å². The number of hydrogen-bond donors (Lipinski definition) is 3. The van der Waals surface area contributed by atoms with Crippen LogP contribution in [0.5, 0.6) is 5.88 Å². The summed E-state index contributed by atoms with van der Waals surface area (Å²) in [7, 11) is 1.87. The summed E-state index contributed by atoms with van der Waals surface area (Å²) >= 11 is 0. The number of carbonyl (C=O) groups excluding carboxylic acids is 2. The number of likely N-dealkylation sites (N-methyl/N-ethyl adjacent to an activating group) is 1. The van der Waals surface area contributed by atoms with Crippen LogP contribution >= 0.6 is 0 Å². The van der Waals surface area contributed by atoms with Crippen LogP contribution < -0.4 is 20.7 Å². The van der Waals surface area contributed by atoms with Gasteiger partial charge in [-0.05, 0) is 55.7 Å². The molecule has 0 radical (unpaired) electrons. The zero-order valence-corrected chi connectivity index (χ0v) is 25.0. The van der Waals surface area contributed by atoms with E-state index in [1.54, 1.807) is 32.9 Å². The molecule has 228 valence electrons. The summed E-state index contributed by atoms with van der Waals surface area (Å²) in [5, 5.41) is 12.1. The van der Waals surface area contributed by atoms with Gasteiger partial charge in [0.1, 0.15) is 30.5 Å². The van der Waals surface area contributed by atoms with Gasteiger partial charge in [-0.25, -0.2) is 14.6 Å². The molecule has 4 N–H and O–H groups in total. The van der Waals surface area contributed by atoms with Gasteiger partial charge in [-0.3, -0.25) is 0 Å². The summed E-state index contributed by atoms with van der Waals surface area (Å²) in [5.74, 6) is -0.278. The molecule has 13 heteroatoms. The number of rotatable bonds is 11. The van der Waals surface area contributed by atoms with Crippen molar-refractivity contribution >= 4 is 40.9 Å². The van der Waals surface area contributed by atoms with Crippen LogP contribution in [0.2, 0.25) is 0 Å². The number of aromatic amines is 1. The minimum Gasteiger partial charge on any atom is -0.471 e. The lowest BCUT2D eigenvalue weighted by molar-refractivity contribution is -0.149. The lowest BCUT2D eigenvalue weighted by atomic mass is 10.1. The van der Waals surface area contributed by atoms with Crippen molar-refractivity contribution in [3.05, 3.63) is 77.1 Å². The van der Waals surface area contributed by atoms with Crippen LogP contribution in [0, 0.1) is 11.3 Å². The predicted octanol–water partition coefficient (Wildman–Crippen LogP) is 4.13. The van der Waals surface area contributed by atoms with E-state index in [2.05, 4.69) is 25.3 Å². The van der Waals surface area contributed by atoms with Crippen LogP contribution in [-0.4, -0.2) is 57.8 Å². The molecule has 0 aliphatic heterocycles. The highest BCUT2D eigenvalue weighted by Crippen LogP contribution is 2.21. The fraction of sp³-hybridized carbons (Fsp3) is 0.290. The van der Waals surface area contributed by atoms with Gasteiger partial charge in [0, 0.05) is 19.3 Å². The molecule has 0 bridgehead atoms. The molecule has 0 saturated carbocycles. The monoisotopic (exact) mass is 598 g/mol. The first-order valence-electron chi connectivity index (χ1n) is 13.7. The Labute approximate surface area is 254 Å². The Bertz CT molecular complexity index is 1670. The summed E-state index contributed by atoms with van der Waals surface area (Å²) in [6.07, 6.45) is 2.46. The minimum atomic E-state index is -0.689. The number of carbonyl (C=O) groups is 2. The molecule has 0 spiro atoms. The molecule has 0 atom stereocenters. The first-order chi connectivity index (χ1) is 21.0. The van der Waals surface area contributed by atoms with Crippen LogP contribution in [0.25, 0.3) is 17.2 Å². The Hall–Kier alpha value is -5.64. The topological polar surface area (TPSA) is 181 Å². The number of nitrogens with two attached hydrogens (primary N) is 1. The van der Waals surface area contributed by atoms with Crippen LogP contribution in [0.4, 0.5) is 16.4 Å². The zero-order chi connectivity index (χ0) is 31.7. The highest BCUT2D eigenvalue weighted by atomic mass is 16.6. The van der Waals surface area contributed by atoms with E-state index in [0.717, 1.165) is 16.8 Å². The van der Waals surface area contributed by atoms with Crippen molar-refractivity contribution in [2.75, 3.05) is 30.8 Å². The first-order valence-corrected chi connectivity index (χ1v) is 13.7. The molecule has 4 aromatic rings. The van der Waals surface area contributed by atoms with Crippen molar-refractivity contribution in [3.8, 4) is 11.9 Å². The molecule has 0 aliphatic carbocycles. The molecule has 0 aliphatic rings. The van der Waals surface area contributed by atoms with E-state index in [4.69, 9.17) is 19.9 Å². The number of hydrogen-bond acceptors (Lipinski definition) is 11. The van der Waals surface area contributed by atoms with E-state index in [1.807, 2.05) is 54.4 Å². The summed E-state index contributed by atoms with van der Waals surface area (Å²) in [4.78, 5) is 41.6. The second kappa shape index (κ2) is 14.0. The molecular formula is C31H34N8O5. The Morgan fingerprint density at radius 3 is 2.48 bits per heavy atom. The van der Waals surface area contributed by atoms with Crippen molar-refractivity contribution in [1.82, 2.24) is 25.3 Å². The Morgan fingerprint density at radius 1 is 1.09 bits per heavy atom. The third-order valence-corrected chi connectivity index (χ3v) is 6.14. The molecule has 0 fully saturated rings. The highest BCUT2D eigenvalue weighted by molar-refractivity contribution is 5.98. The number of fused-ring (bicyclic) bond motifs is 1. The minimum absolute atomic E-state index is 0.0776. The van der Waals surface area contributed by atoms with Crippen molar-refractivity contribution in [3.63, 3.8) is 0 Å². The van der Waals surface area contributed by atoms with Gasteiger partial charge in [-0.15, -0.1) is 0 Å². The van der Waals surface area contributed by atoms with E-state index in [0.29, 0.717) is 35.7 Å². The van der Waals surface area contributed by atoms with Gasteiger partial charge < -0.3 is 35.1 Å². The first kappa shape index (κ1) is 31.3. The number of aromatic nitrogens is 4. The highest BCUT2D eigenvalue weighted by Gasteiger charge is 2.20. The van der Waals surface area contributed by atoms with Crippen molar-refractivity contribution in [1.29, 1.82) is 5.26 Å². The number of amides is 1. The Balaban J connectivity index is 1.18. The van der Waals surface area contributed by atoms with E-state index in [-0.39, 0.29) is 24.7 Å². The van der Waals surface area contributed by atoms with Gasteiger partial charge in [0.05, 0.1) is 12.9 Å². The summed E-state index contributed by atoms with van der Waals surface area (Å²) < 4.78 is 16.4. The number of esters is 1. The normalized spacial score (nSPS) is 11.5. The van der Waals surface area contributed by atoms with E-state index in [9.17, 15) is 14.9 Å². The predicted molar refractivity (Wildman–Crippen MR) is 164 cm³/mol. The van der Waals surface area contributed by atoms with Crippen molar-refractivity contribution in [2.24, 2.45) is 0 Å². The molecule has 2 aromatic carbocycles. The van der Waals surface area contributed by atoms with Crippen LogP contribution in [0.1, 0.15) is 37.5 Å². The van der Waals surface area contributed by atoms with Gasteiger partial charge in [-0.1, -0.05) is 36.4 Å². The van der Waals surface area contributed by atoms with Gasteiger partial charge in [0.15, 0.2) is 11.2 Å². The Kier molecular flexibility index (Phi) is 9.97. The summed E-state index contributed by atoms with van der Waals surface area (Å²) in [6.45, 7) is 6.43. The maximum atomic E-state index is 12.2. The lowest BCUT2D eigenvalue weighted by Crippen LogP contribution is -2.28. The largest absolute Gasteiger partial charge is 0.471 e. The van der Waals surface area contributed by atoms with Gasteiger partial charge in [-0.2, -0.15) is 15.2 Å². The van der Waals surface area contributed by atoms with E-state index in [1.165, 1.54) is 12.4 Å². The lowest BCUT2D eigenvalue weighted by Gasteiger charge is -2.20. The fourth-order valence-corrected chi connectivity index (χ4v) is 3.92. The quantitative estimate of drug-likeness (QED) is 0.128. The van der Waals surface area contributed by atoms with Crippen molar-refractivity contribution < 1.29 is 23.8 Å². The molecule has 4 rings (SSSR count). The molecule has 2 heterocycles. The second-order valence-electron chi connectivity index (χ2n) is 10.8. The van der Waals surface area contributed by atoms with E-state index >= 15 is 0 Å².